The maximum Gasteiger partial charge on any atom is 0.161 e. The number of benzene rings is 1. The van der Waals surface area contributed by atoms with Crippen molar-refractivity contribution in [3.63, 3.8) is 0 Å². The summed E-state index contributed by atoms with van der Waals surface area (Å²) >= 11 is 0. The van der Waals surface area contributed by atoms with Gasteiger partial charge in [0.1, 0.15) is 5.75 Å². The summed E-state index contributed by atoms with van der Waals surface area (Å²) in [4.78, 5) is 0. The molecule has 2 rings (SSSR count). The number of ether oxygens (including phenoxy) is 2. The van der Waals surface area contributed by atoms with E-state index < -0.39 is 0 Å². The molecule has 2 N–H and O–H groups in total. The van der Waals surface area contributed by atoms with Gasteiger partial charge in [0.05, 0.1) is 32.2 Å². The van der Waals surface area contributed by atoms with Crippen LogP contribution in [-0.2, 0) is 13.0 Å². The molecule has 0 aliphatic carbocycles. The van der Waals surface area contributed by atoms with Gasteiger partial charge in [-0.05, 0) is 24.5 Å². The minimum absolute atomic E-state index is 0.190. The molecule has 1 atom stereocenters. The van der Waals surface area contributed by atoms with Gasteiger partial charge in [0, 0.05) is 6.54 Å². The second-order valence-corrected chi connectivity index (χ2v) is 4.94. The van der Waals surface area contributed by atoms with Crippen molar-refractivity contribution in [3.8, 4) is 11.5 Å². The molecule has 0 saturated heterocycles. The van der Waals surface area contributed by atoms with Crippen LogP contribution in [0.1, 0.15) is 30.6 Å². The average molecular weight is 289 g/mol. The van der Waals surface area contributed by atoms with Crippen molar-refractivity contribution in [3.05, 3.63) is 41.7 Å². The van der Waals surface area contributed by atoms with Crippen LogP contribution in [0.2, 0.25) is 0 Å². The van der Waals surface area contributed by atoms with Crippen molar-refractivity contribution in [1.29, 1.82) is 0 Å². The van der Waals surface area contributed by atoms with Gasteiger partial charge < -0.3 is 15.2 Å². The third-order valence-corrected chi connectivity index (χ3v) is 3.48. The summed E-state index contributed by atoms with van der Waals surface area (Å²) in [5, 5.41) is 4.36. The minimum Gasteiger partial charge on any atom is -0.496 e. The van der Waals surface area contributed by atoms with Crippen molar-refractivity contribution in [2.75, 3.05) is 14.2 Å². The van der Waals surface area contributed by atoms with Crippen LogP contribution in [0.15, 0.2) is 30.5 Å². The molecule has 0 saturated carbocycles. The number of aryl methyl sites for hydroxylation is 1. The van der Waals surface area contributed by atoms with Gasteiger partial charge in [-0.3, -0.25) is 4.68 Å². The highest BCUT2D eigenvalue weighted by molar-refractivity contribution is 5.36. The van der Waals surface area contributed by atoms with Gasteiger partial charge in [0.2, 0.25) is 0 Å². The van der Waals surface area contributed by atoms with E-state index in [1.54, 1.807) is 20.4 Å². The first kappa shape index (κ1) is 15.4. The first-order valence-electron chi connectivity index (χ1n) is 7.18. The number of nitrogens with zero attached hydrogens (tertiary/aromatic N) is 2. The average Bonchev–Trinajstić information content (AvgIpc) is 2.91. The van der Waals surface area contributed by atoms with Crippen molar-refractivity contribution < 1.29 is 9.47 Å². The Kier molecular flexibility index (Phi) is 5.22. The predicted octanol–water partition coefficient (Wildman–Crippen LogP) is 2.55. The van der Waals surface area contributed by atoms with Gasteiger partial charge in [-0.15, -0.1) is 0 Å². The van der Waals surface area contributed by atoms with Crippen molar-refractivity contribution in [2.24, 2.45) is 5.73 Å². The lowest BCUT2D eigenvalue weighted by atomic mass is 10.0. The molecule has 5 heteroatoms. The third-order valence-electron chi connectivity index (χ3n) is 3.48. The van der Waals surface area contributed by atoms with E-state index in [1.807, 2.05) is 28.9 Å². The summed E-state index contributed by atoms with van der Waals surface area (Å²) in [6.07, 6.45) is 3.40. The molecule has 5 nitrogen and oxygen atoms in total. The van der Waals surface area contributed by atoms with E-state index in [4.69, 9.17) is 15.2 Å². The number of methoxy groups -OCH3 is 2. The summed E-state index contributed by atoms with van der Waals surface area (Å²) in [5.41, 5.74) is 8.42. The van der Waals surface area contributed by atoms with E-state index >= 15 is 0 Å². The lowest BCUT2D eigenvalue weighted by molar-refractivity contribution is 0.395. The molecule has 1 unspecified atom stereocenters. The highest BCUT2D eigenvalue weighted by atomic mass is 16.5. The Hall–Kier alpha value is -2.01. The monoisotopic (exact) mass is 289 g/mol. The molecule has 1 aromatic carbocycles. The Morgan fingerprint density at radius 1 is 1.19 bits per heavy atom. The molecule has 0 aliphatic rings. The van der Waals surface area contributed by atoms with Gasteiger partial charge in [0.25, 0.3) is 0 Å². The number of rotatable bonds is 7. The summed E-state index contributed by atoms with van der Waals surface area (Å²) in [6.45, 7) is 2.95. The van der Waals surface area contributed by atoms with Crippen LogP contribution in [-0.4, -0.2) is 24.0 Å². The summed E-state index contributed by atoms with van der Waals surface area (Å²) in [5.74, 6) is 1.60. The molecule has 21 heavy (non-hydrogen) atoms. The summed E-state index contributed by atoms with van der Waals surface area (Å²) < 4.78 is 12.7. The number of aromatic nitrogens is 2. The van der Waals surface area contributed by atoms with Crippen LogP contribution in [0.4, 0.5) is 0 Å². The van der Waals surface area contributed by atoms with Crippen LogP contribution in [0, 0.1) is 0 Å². The molecule has 0 fully saturated rings. The first-order chi connectivity index (χ1) is 10.2. The second kappa shape index (κ2) is 7.13. The maximum atomic E-state index is 6.41. The molecule has 0 bridgehead atoms. The standard InChI is InChI=1S/C16H23N3O2/c1-4-9-19-16(15(21-3)11-18-19)13(17)10-12-7-5-6-8-14(12)20-2/h5-8,11,13H,4,9-10,17H2,1-3H3. The number of hydrogen-bond donors (Lipinski definition) is 1. The Bertz CT molecular complexity index is 581. The van der Waals surface area contributed by atoms with E-state index in [0.717, 1.165) is 35.7 Å². The molecule has 2 aromatic rings. The van der Waals surface area contributed by atoms with Gasteiger partial charge in [-0.25, -0.2) is 0 Å². The number of nitrogens with two attached hydrogens (primary N) is 1. The van der Waals surface area contributed by atoms with Gasteiger partial charge >= 0.3 is 0 Å². The van der Waals surface area contributed by atoms with Crippen molar-refractivity contribution in [1.82, 2.24) is 9.78 Å². The fourth-order valence-corrected chi connectivity index (χ4v) is 2.50. The minimum atomic E-state index is -0.190. The lowest BCUT2D eigenvalue weighted by Gasteiger charge is -2.17. The molecule has 1 aromatic heterocycles. The number of hydrogen-bond acceptors (Lipinski definition) is 4. The van der Waals surface area contributed by atoms with Crippen LogP contribution >= 0.6 is 0 Å². The highest BCUT2D eigenvalue weighted by Gasteiger charge is 2.20. The van der Waals surface area contributed by atoms with E-state index in [9.17, 15) is 0 Å². The quantitative estimate of drug-likeness (QED) is 0.851. The zero-order chi connectivity index (χ0) is 15.2. The summed E-state index contributed by atoms with van der Waals surface area (Å²) in [6, 6.07) is 7.74. The Morgan fingerprint density at radius 3 is 2.57 bits per heavy atom. The first-order valence-corrected chi connectivity index (χ1v) is 7.18. The van der Waals surface area contributed by atoms with Crippen LogP contribution in [0.3, 0.4) is 0 Å². The molecule has 0 amide bonds. The van der Waals surface area contributed by atoms with Crippen molar-refractivity contribution >= 4 is 0 Å². The maximum absolute atomic E-state index is 6.41. The van der Waals surface area contributed by atoms with Crippen LogP contribution < -0.4 is 15.2 Å². The molecule has 0 spiro atoms. The molecular formula is C16H23N3O2. The molecule has 1 heterocycles. The molecule has 0 radical (unpaired) electrons. The number of para-hydroxylation sites is 1. The Balaban J connectivity index is 2.27. The normalized spacial score (nSPS) is 12.2. The highest BCUT2D eigenvalue weighted by Crippen LogP contribution is 2.29. The van der Waals surface area contributed by atoms with E-state index in [0.29, 0.717) is 6.42 Å². The molecular weight excluding hydrogens is 266 g/mol. The predicted molar refractivity (Wildman–Crippen MR) is 82.7 cm³/mol. The fourth-order valence-electron chi connectivity index (χ4n) is 2.50. The van der Waals surface area contributed by atoms with Gasteiger partial charge in [-0.2, -0.15) is 5.10 Å². The Labute approximate surface area is 125 Å². The SMILES string of the molecule is CCCn1ncc(OC)c1C(N)Cc1ccccc1OC. The second-order valence-electron chi connectivity index (χ2n) is 4.94. The summed E-state index contributed by atoms with van der Waals surface area (Å²) in [7, 11) is 3.32. The van der Waals surface area contributed by atoms with E-state index in [-0.39, 0.29) is 6.04 Å². The smallest absolute Gasteiger partial charge is 0.161 e. The zero-order valence-corrected chi connectivity index (χ0v) is 12.9. The van der Waals surface area contributed by atoms with Crippen LogP contribution in [0.25, 0.3) is 0 Å². The van der Waals surface area contributed by atoms with E-state index in [2.05, 4.69) is 12.0 Å². The fraction of sp³-hybridized carbons (Fsp3) is 0.438. The molecule has 0 aliphatic heterocycles. The van der Waals surface area contributed by atoms with Gasteiger partial charge in [0.15, 0.2) is 5.75 Å². The Morgan fingerprint density at radius 2 is 1.90 bits per heavy atom. The lowest BCUT2D eigenvalue weighted by Crippen LogP contribution is -2.19. The molecule has 114 valence electrons. The van der Waals surface area contributed by atoms with Gasteiger partial charge in [-0.1, -0.05) is 25.1 Å². The topological polar surface area (TPSA) is 62.3 Å². The van der Waals surface area contributed by atoms with Crippen molar-refractivity contribution in [2.45, 2.75) is 32.4 Å². The van der Waals surface area contributed by atoms with E-state index in [1.165, 1.54) is 0 Å². The largest absolute Gasteiger partial charge is 0.496 e. The zero-order valence-electron chi connectivity index (χ0n) is 12.9. The third kappa shape index (κ3) is 3.36. The van der Waals surface area contributed by atoms with Crippen LogP contribution in [0.5, 0.6) is 11.5 Å².